The largest absolute Gasteiger partial charge is 0.494 e. The number of anilines is 1. The zero-order valence-corrected chi connectivity index (χ0v) is 16.7. The molecule has 0 saturated heterocycles. The predicted octanol–water partition coefficient (Wildman–Crippen LogP) is 4.62. The van der Waals surface area contributed by atoms with Gasteiger partial charge < -0.3 is 14.8 Å². The standard InChI is InChI=1S/C22H28N2O4/c1-22(2,3)28-21(26)24-18-13-11-17(12-14-18)20(25)23-15-7-8-16-27-19-9-5-4-6-10-19/h4-6,9-14H,7-8,15-16H2,1-3H3,(H,23,25)(H,24,26). The van der Waals surface area contributed by atoms with E-state index >= 15 is 0 Å². The van der Waals surface area contributed by atoms with Crippen LogP contribution < -0.4 is 15.4 Å². The zero-order chi connectivity index (χ0) is 20.4. The molecule has 0 spiro atoms. The third-order valence-corrected chi connectivity index (χ3v) is 3.66. The third kappa shape index (κ3) is 8.12. The van der Waals surface area contributed by atoms with Crippen LogP contribution in [-0.4, -0.2) is 30.8 Å². The molecule has 150 valence electrons. The Kier molecular flexibility index (Phi) is 7.87. The molecule has 0 radical (unpaired) electrons. The van der Waals surface area contributed by atoms with Crippen LogP contribution >= 0.6 is 0 Å². The van der Waals surface area contributed by atoms with Crippen LogP contribution in [0, 0.1) is 0 Å². The Bertz CT molecular complexity index is 752. The number of benzene rings is 2. The van der Waals surface area contributed by atoms with Crippen LogP contribution in [0.5, 0.6) is 5.75 Å². The van der Waals surface area contributed by atoms with Gasteiger partial charge >= 0.3 is 6.09 Å². The maximum Gasteiger partial charge on any atom is 0.412 e. The summed E-state index contributed by atoms with van der Waals surface area (Å²) in [7, 11) is 0. The molecule has 0 bridgehead atoms. The highest BCUT2D eigenvalue weighted by Crippen LogP contribution is 2.13. The minimum absolute atomic E-state index is 0.146. The second-order valence-electron chi connectivity index (χ2n) is 7.33. The highest BCUT2D eigenvalue weighted by molar-refractivity contribution is 5.95. The monoisotopic (exact) mass is 384 g/mol. The summed E-state index contributed by atoms with van der Waals surface area (Å²) in [5.74, 6) is 0.708. The number of nitrogens with one attached hydrogen (secondary N) is 2. The molecule has 0 unspecified atom stereocenters. The van der Waals surface area contributed by atoms with Crippen LogP contribution in [0.2, 0.25) is 0 Å². The number of para-hydroxylation sites is 1. The van der Waals surface area contributed by atoms with Gasteiger partial charge in [0.25, 0.3) is 5.91 Å². The number of carbonyl (C=O) groups is 2. The van der Waals surface area contributed by atoms with Crippen molar-refractivity contribution in [1.29, 1.82) is 0 Å². The van der Waals surface area contributed by atoms with Crippen LogP contribution in [0.25, 0.3) is 0 Å². The van der Waals surface area contributed by atoms with Crippen molar-refractivity contribution in [3.8, 4) is 5.75 Å². The maximum atomic E-state index is 12.2. The number of hydrogen-bond acceptors (Lipinski definition) is 4. The molecule has 0 aliphatic heterocycles. The van der Waals surface area contributed by atoms with Crippen molar-refractivity contribution < 1.29 is 19.1 Å². The van der Waals surface area contributed by atoms with Gasteiger partial charge in [-0.15, -0.1) is 0 Å². The Hall–Kier alpha value is -3.02. The summed E-state index contributed by atoms with van der Waals surface area (Å²) in [6.45, 7) is 6.59. The average molecular weight is 384 g/mol. The van der Waals surface area contributed by atoms with Crippen molar-refractivity contribution in [1.82, 2.24) is 5.32 Å². The highest BCUT2D eigenvalue weighted by atomic mass is 16.6. The molecule has 28 heavy (non-hydrogen) atoms. The number of ether oxygens (including phenoxy) is 2. The van der Waals surface area contributed by atoms with E-state index < -0.39 is 11.7 Å². The minimum Gasteiger partial charge on any atom is -0.494 e. The van der Waals surface area contributed by atoms with Crippen molar-refractivity contribution in [2.75, 3.05) is 18.5 Å². The molecule has 2 amide bonds. The van der Waals surface area contributed by atoms with E-state index in [0.29, 0.717) is 24.4 Å². The Morgan fingerprint density at radius 2 is 1.61 bits per heavy atom. The summed E-state index contributed by atoms with van der Waals surface area (Å²) in [5, 5.41) is 5.52. The molecule has 2 aromatic carbocycles. The van der Waals surface area contributed by atoms with Gasteiger partial charge in [-0.05, 0) is 70.0 Å². The Morgan fingerprint density at radius 3 is 2.25 bits per heavy atom. The molecule has 2 rings (SSSR count). The molecule has 0 saturated carbocycles. The second kappa shape index (κ2) is 10.3. The molecular weight excluding hydrogens is 356 g/mol. The Labute approximate surface area is 166 Å². The lowest BCUT2D eigenvalue weighted by molar-refractivity contribution is 0.0635. The van der Waals surface area contributed by atoms with Gasteiger partial charge in [0.05, 0.1) is 6.61 Å². The van der Waals surface area contributed by atoms with Crippen molar-refractivity contribution in [3.05, 3.63) is 60.2 Å². The molecule has 0 fully saturated rings. The van der Waals surface area contributed by atoms with E-state index in [0.717, 1.165) is 18.6 Å². The Morgan fingerprint density at radius 1 is 0.929 bits per heavy atom. The third-order valence-electron chi connectivity index (χ3n) is 3.66. The fraction of sp³-hybridized carbons (Fsp3) is 0.364. The number of hydrogen-bond donors (Lipinski definition) is 2. The fourth-order valence-electron chi connectivity index (χ4n) is 2.36. The van der Waals surface area contributed by atoms with Crippen molar-refractivity contribution in [2.24, 2.45) is 0 Å². The molecule has 0 aliphatic rings. The van der Waals surface area contributed by atoms with Crippen LogP contribution in [0.3, 0.4) is 0 Å². The van der Waals surface area contributed by atoms with E-state index in [9.17, 15) is 9.59 Å². The second-order valence-corrected chi connectivity index (χ2v) is 7.33. The van der Waals surface area contributed by atoms with Gasteiger partial charge in [-0.1, -0.05) is 18.2 Å². The predicted molar refractivity (Wildman–Crippen MR) is 110 cm³/mol. The molecule has 6 heteroatoms. The van der Waals surface area contributed by atoms with Crippen molar-refractivity contribution in [3.63, 3.8) is 0 Å². The van der Waals surface area contributed by atoms with E-state index in [1.165, 1.54) is 0 Å². The van der Waals surface area contributed by atoms with E-state index in [-0.39, 0.29) is 5.91 Å². The van der Waals surface area contributed by atoms with Crippen molar-refractivity contribution >= 4 is 17.7 Å². The van der Waals surface area contributed by atoms with E-state index in [1.807, 2.05) is 30.3 Å². The minimum atomic E-state index is -0.559. The maximum absolute atomic E-state index is 12.2. The van der Waals surface area contributed by atoms with Crippen molar-refractivity contribution in [2.45, 2.75) is 39.2 Å². The van der Waals surface area contributed by atoms with Gasteiger partial charge in [0.1, 0.15) is 11.4 Å². The first kappa shape index (κ1) is 21.3. The van der Waals surface area contributed by atoms with Gasteiger partial charge in [-0.25, -0.2) is 4.79 Å². The van der Waals surface area contributed by atoms with Gasteiger partial charge in [0.15, 0.2) is 0 Å². The average Bonchev–Trinajstić information content (AvgIpc) is 2.64. The van der Waals surface area contributed by atoms with Gasteiger partial charge in [-0.2, -0.15) is 0 Å². The number of amides is 2. The smallest absolute Gasteiger partial charge is 0.412 e. The molecule has 0 aliphatic carbocycles. The number of carbonyl (C=O) groups excluding carboxylic acids is 2. The zero-order valence-electron chi connectivity index (χ0n) is 16.7. The van der Waals surface area contributed by atoms with Gasteiger partial charge in [0.2, 0.25) is 0 Å². The first-order valence-electron chi connectivity index (χ1n) is 9.39. The summed E-state index contributed by atoms with van der Waals surface area (Å²) >= 11 is 0. The molecule has 2 N–H and O–H groups in total. The van der Waals surface area contributed by atoms with Gasteiger partial charge in [-0.3, -0.25) is 10.1 Å². The van der Waals surface area contributed by atoms with Crippen LogP contribution in [-0.2, 0) is 4.74 Å². The number of rotatable bonds is 8. The first-order valence-corrected chi connectivity index (χ1v) is 9.39. The van der Waals surface area contributed by atoms with Crippen LogP contribution in [0.4, 0.5) is 10.5 Å². The normalized spacial score (nSPS) is 10.8. The van der Waals surface area contributed by atoms with Gasteiger partial charge in [0, 0.05) is 17.8 Å². The number of unbranched alkanes of at least 4 members (excludes halogenated alkanes) is 1. The van der Waals surface area contributed by atoms with E-state index in [1.54, 1.807) is 45.0 Å². The van der Waals surface area contributed by atoms with Crippen LogP contribution in [0.15, 0.2) is 54.6 Å². The van der Waals surface area contributed by atoms with E-state index in [4.69, 9.17) is 9.47 Å². The lowest BCUT2D eigenvalue weighted by atomic mass is 10.2. The lowest BCUT2D eigenvalue weighted by Gasteiger charge is -2.19. The summed E-state index contributed by atoms with van der Waals surface area (Å²) in [6, 6.07) is 16.3. The summed E-state index contributed by atoms with van der Waals surface area (Å²) in [6.07, 6.45) is 1.16. The summed E-state index contributed by atoms with van der Waals surface area (Å²) in [5.41, 5.74) is 0.551. The molecule has 0 heterocycles. The Balaban J connectivity index is 1.66. The molecule has 0 aromatic heterocycles. The fourth-order valence-corrected chi connectivity index (χ4v) is 2.36. The molecular formula is C22H28N2O4. The quantitative estimate of drug-likeness (QED) is 0.651. The molecule has 0 atom stereocenters. The SMILES string of the molecule is CC(C)(C)OC(=O)Nc1ccc(C(=O)NCCCCOc2ccccc2)cc1. The van der Waals surface area contributed by atoms with Crippen LogP contribution in [0.1, 0.15) is 44.0 Å². The summed E-state index contributed by atoms with van der Waals surface area (Å²) < 4.78 is 10.8. The molecule has 6 nitrogen and oxygen atoms in total. The molecule has 2 aromatic rings. The van der Waals surface area contributed by atoms with E-state index in [2.05, 4.69) is 10.6 Å². The lowest BCUT2D eigenvalue weighted by Crippen LogP contribution is -2.27. The summed E-state index contributed by atoms with van der Waals surface area (Å²) in [4.78, 5) is 23.9. The first-order chi connectivity index (χ1) is 13.3. The topological polar surface area (TPSA) is 76.7 Å². The highest BCUT2D eigenvalue weighted by Gasteiger charge is 2.16.